The average Bonchev–Trinajstić information content (AvgIpc) is 2.29. The highest BCUT2D eigenvalue weighted by atomic mass is 14.9. The van der Waals surface area contributed by atoms with Crippen LogP contribution in [0, 0.1) is 12.3 Å². The molecule has 94 valence electrons. The van der Waals surface area contributed by atoms with Crippen LogP contribution in [0.25, 0.3) is 0 Å². The molecule has 0 aliphatic rings. The molecule has 1 aromatic rings. The molecule has 1 atom stereocenters. The van der Waals surface area contributed by atoms with Crippen LogP contribution in [-0.2, 0) is 6.42 Å². The van der Waals surface area contributed by atoms with Crippen molar-refractivity contribution in [2.45, 2.75) is 33.6 Å². The van der Waals surface area contributed by atoms with Crippen molar-refractivity contribution in [1.82, 2.24) is 5.32 Å². The lowest BCUT2D eigenvalue weighted by Gasteiger charge is -2.26. The molecule has 1 aromatic carbocycles. The van der Waals surface area contributed by atoms with Crippen molar-refractivity contribution in [3.8, 4) is 0 Å². The Morgan fingerprint density at radius 2 is 2.18 bits per heavy atom. The van der Waals surface area contributed by atoms with Crippen LogP contribution in [0.15, 0.2) is 36.9 Å². The van der Waals surface area contributed by atoms with Crippen molar-refractivity contribution >= 4 is 0 Å². The average molecular weight is 231 g/mol. The Balaban J connectivity index is 2.64. The maximum Gasteiger partial charge on any atom is 0.00430 e. The van der Waals surface area contributed by atoms with E-state index in [2.05, 4.69) is 63.0 Å². The minimum atomic E-state index is 0.142. The van der Waals surface area contributed by atoms with Crippen LogP contribution in [0.4, 0.5) is 0 Å². The number of rotatable bonds is 7. The third-order valence-electron chi connectivity index (χ3n) is 3.14. The molecule has 17 heavy (non-hydrogen) atoms. The van der Waals surface area contributed by atoms with E-state index in [0.29, 0.717) is 0 Å². The Labute approximate surface area is 106 Å². The van der Waals surface area contributed by atoms with Gasteiger partial charge in [-0.15, -0.1) is 6.58 Å². The van der Waals surface area contributed by atoms with Crippen LogP contribution in [0.1, 0.15) is 31.4 Å². The molecule has 1 unspecified atom stereocenters. The van der Waals surface area contributed by atoms with Gasteiger partial charge in [0, 0.05) is 12.0 Å². The minimum Gasteiger partial charge on any atom is -0.316 e. The summed E-state index contributed by atoms with van der Waals surface area (Å²) in [7, 11) is 0. The lowest BCUT2D eigenvalue weighted by molar-refractivity contribution is 0.391. The highest BCUT2D eigenvalue weighted by Crippen LogP contribution is 2.23. The zero-order valence-corrected chi connectivity index (χ0v) is 11.4. The van der Waals surface area contributed by atoms with Gasteiger partial charge in [0.2, 0.25) is 0 Å². The van der Waals surface area contributed by atoms with E-state index in [1.54, 1.807) is 0 Å². The summed E-state index contributed by atoms with van der Waals surface area (Å²) in [5.41, 5.74) is 2.87. The maximum atomic E-state index is 3.99. The smallest absolute Gasteiger partial charge is 0.00430 e. The molecule has 0 aromatic heterocycles. The van der Waals surface area contributed by atoms with Gasteiger partial charge in [-0.1, -0.05) is 49.8 Å². The molecule has 1 rings (SSSR count). The Morgan fingerprint density at radius 3 is 2.76 bits per heavy atom. The van der Waals surface area contributed by atoms with E-state index in [4.69, 9.17) is 0 Å². The number of hydrogen-bond acceptors (Lipinski definition) is 1. The van der Waals surface area contributed by atoms with Gasteiger partial charge in [0.1, 0.15) is 0 Å². The van der Waals surface area contributed by atoms with Gasteiger partial charge < -0.3 is 5.32 Å². The Bertz CT molecular complexity index is 356. The van der Waals surface area contributed by atoms with Gasteiger partial charge in [-0.05, 0) is 31.9 Å². The van der Waals surface area contributed by atoms with Gasteiger partial charge in [-0.2, -0.15) is 0 Å². The molecule has 0 amide bonds. The molecule has 0 saturated carbocycles. The second kappa shape index (κ2) is 6.61. The summed E-state index contributed by atoms with van der Waals surface area (Å²) in [5.74, 6) is 0. The highest BCUT2D eigenvalue weighted by Gasteiger charge is 2.20. The molecule has 1 N–H and O–H groups in total. The van der Waals surface area contributed by atoms with Crippen molar-refractivity contribution in [3.63, 3.8) is 0 Å². The van der Waals surface area contributed by atoms with Gasteiger partial charge >= 0.3 is 0 Å². The molecule has 0 saturated heterocycles. The number of aryl methyl sites for hydroxylation is 1. The van der Waals surface area contributed by atoms with E-state index < -0.39 is 0 Å². The number of benzene rings is 1. The fraction of sp³-hybridized carbons (Fsp3) is 0.500. The molecular formula is C16H25N. The first-order chi connectivity index (χ1) is 8.09. The first-order valence-electron chi connectivity index (χ1n) is 6.49. The number of nitrogens with one attached hydrogen (secondary N) is 1. The Kier molecular flexibility index (Phi) is 5.43. The fourth-order valence-corrected chi connectivity index (χ4v) is 2.05. The summed E-state index contributed by atoms with van der Waals surface area (Å²) < 4.78 is 0. The zero-order chi connectivity index (χ0) is 12.7. The van der Waals surface area contributed by atoms with Crippen LogP contribution in [0.2, 0.25) is 0 Å². The molecule has 1 heteroatoms. The molecule has 0 heterocycles. The summed E-state index contributed by atoms with van der Waals surface area (Å²) in [6.07, 6.45) is 4.31. The van der Waals surface area contributed by atoms with Gasteiger partial charge in [-0.25, -0.2) is 0 Å². The summed E-state index contributed by atoms with van der Waals surface area (Å²) in [6, 6.07) is 8.74. The third kappa shape index (κ3) is 4.74. The lowest BCUT2D eigenvalue weighted by atomic mass is 9.83. The Morgan fingerprint density at radius 1 is 1.41 bits per heavy atom. The van der Waals surface area contributed by atoms with Crippen molar-refractivity contribution in [2.75, 3.05) is 13.1 Å². The van der Waals surface area contributed by atoms with Crippen molar-refractivity contribution < 1.29 is 0 Å². The van der Waals surface area contributed by atoms with Crippen LogP contribution >= 0.6 is 0 Å². The van der Waals surface area contributed by atoms with E-state index in [0.717, 1.165) is 19.5 Å². The molecule has 0 radical (unpaired) electrons. The topological polar surface area (TPSA) is 12.0 Å². The van der Waals surface area contributed by atoms with Crippen molar-refractivity contribution in [1.29, 1.82) is 0 Å². The predicted octanol–water partition coefficient (Wildman–Crippen LogP) is 3.73. The first kappa shape index (κ1) is 14.0. The van der Waals surface area contributed by atoms with E-state index in [9.17, 15) is 0 Å². The number of hydrogen-bond donors (Lipinski definition) is 1. The molecule has 0 fully saturated rings. The summed E-state index contributed by atoms with van der Waals surface area (Å²) >= 11 is 0. The van der Waals surface area contributed by atoms with E-state index in [-0.39, 0.29) is 5.41 Å². The highest BCUT2D eigenvalue weighted by molar-refractivity contribution is 5.24. The van der Waals surface area contributed by atoms with Crippen LogP contribution in [-0.4, -0.2) is 13.1 Å². The summed E-state index contributed by atoms with van der Waals surface area (Å²) in [6.45, 7) is 12.7. The minimum absolute atomic E-state index is 0.142. The first-order valence-corrected chi connectivity index (χ1v) is 6.49. The third-order valence-corrected chi connectivity index (χ3v) is 3.14. The molecule has 0 bridgehead atoms. The van der Waals surface area contributed by atoms with Crippen LogP contribution in [0.5, 0.6) is 0 Å². The van der Waals surface area contributed by atoms with E-state index in [1.165, 1.54) is 17.5 Å². The van der Waals surface area contributed by atoms with E-state index in [1.807, 2.05) is 0 Å². The normalized spacial score (nSPS) is 14.3. The van der Waals surface area contributed by atoms with Gasteiger partial charge in [0.05, 0.1) is 0 Å². The summed E-state index contributed by atoms with van der Waals surface area (Å²) in [4.78, 5) is 0. The predicted molar refractivity (Wildman–Crippen MR) is 76.3 cm³/mol. The van der Waals surface area contributed by atoms with Gasteiger partial charge in [0.15, 0.2) is 0 Å². The monoisotopic (exact) mass is 231 g/mol. The van der Waals surface area contributed by atoms with Gasteiger partial charge in [-0.3, -0.25) is 0 Å². The molecule has 0 aliphatic heterocycles. The largest absolute Gasteiger partial charge is 0.316 e. The zero-order valence-electron chi connectivity index (χ0n) is 11.4. The molecule has 0 spiro atoms. The molecule has 0 aliphatic carbocycles. The lowest BCUT2D eigenvalue weighted by Crippen LogP contribution is -2.32. The van der Waals surface area contributed by atoms with Crippen molar-refractivity contribution in [2.24, 2.45) is 5.41 Å². The fourth-order valence-electron chi connectivity index (χ4n) is 2.05. The maximum absolute atomic E-state index is 3.99. The van der Waals surface area contributed by atoms with E-state index >= 15 is 0 Å². The Hall–Kier alpha value is -1.08. The van der Waals surface area contributed by atoms with Crippen molar-refractivity contribution in [3.05, 3.63) is 48.0 Å². The van der Waals surface area contributed by atoms with Crippen LogP contribution < -0.4 is 5.32 Å². The molecule has 1 nitrogen and oxygen atoms in total. The summed E-state index contributed by atoms with van der Waals surface area (Å²) in [5, 5.41) is 3.49. The SMILES string of the molecule is C=CC(C)(CNCCC)Cc1cccc(C)c1. The molecular weight excluding hydrogens is 206 g/mol. The second-order valence-corrected chi connectivity index (χ2v) is 5.20. The quantitative estimate of drug-likeness (QED) is 0.557. The standard InChI is InChI=1S/C16H25N/c1-5-10-17-13-16(4,6-2)12-15-9-7-8-14(3)11-15/h6-9,11,17H,2,5,10,12-13H2,1,3-4H3. The second-order valence-electron chi connectivity index (χ2n) is 5.20. The van der Waals surface area contributed by atoms with Crippen LogP contribution in [0.3, 0.4) is 0 Å². The van der Waals surface area contributed by atoms with Gasteiger partial charge in [0.25, 0.3) is 0 Å².